The molecule has 0 aliphatic carbocycles. The number of benzene rings is 1. The van der Waals surface area contributed by atoms with Crippen LogP contribution in [-0.2, 0) is 5.88 Å². The number of hydrogen-bond acceptors (Lipinski definition) is 3. The topological polar surface area (TPSA) is 17.8 Å². The fourth-order valence-corrected chi connectivity index (χ4v) is 3.54. The van der Waals surface area contributed by atoms with Gasteiger partial charge >= 0.3 is 0 Å². The second-order valence-electron chi connectivity index (χ2n) is 2.64. The van der Waals surface area contributed by atoms with Crippen LogP contribution in [0.3, 0.4) is 0 Å². The van der Waals surface area contributed by atoms with E-state index in [9.17, 15) is 0 Å². The summed E-state index contributed by atoms with van der Waals surface area (Å²) in [5.41, 5.74) is 2.37. The van der Waals surface area contributed by atoms with Crippen molar-refractivity contribution in [1.82, 2.24) is 9.55 Å². The molecule has 0 fully saturated rings. The molecule has 0 bridgehead atoms. The third kappa shape index (κ3) is 0.820. The Balaban J connectivity index is 2.44. The SMILES string of the molecule is c1ccc2c(c1)nc1n2CSS1. The van der Waals surface area contributed by atoms with Crippen LogP contribution in [0.2, 0.25) is 0 Å². The van der Waals surface area contributed by atoms with E-state index in [2.05, 4.69) is 27.8 Å². The van der Waals surface area contributed by atoms with Gasteiger partial charge in [-0.05, 0) is 22.9 Å². The molecular formula is C8H6N2S2. The number of hydrogen-bond donors (Lipinski definition) is 0. The second-order valence-corrected chi connectivity index (χ2v) is 4.87. The van der Waals surface area contributed by atoms with Crippen molar-refractivity contribution in [3.63, 3.8) is 0 Å². The lowest BCUT2D eigenvalue weighted by molar-refractivity contribution is 0.813. The van der Waals surface area contributed by atoms with Gasteiger partial charge in [-0.25, -0.2) is 4.98 Å². The fraction of sp³-hybridized carbons (Fsp3) is 0.125. The van der Waals surface area contributed by atoms with Crippen LogP contribution in [0.25, 0.3) is 11.0 Å². The molecule has 4 heteroatoms. The van der Waals surface area contributed by atoms with E-state index in [1.54, 1.807) is 10.8 Å². The zero-order chi connectivity index (χ0) is 7.97. The summed E-state index contributed by atoms with van der Waals surface area (Å²) in [7, 11) is 3.60. The van der Waals surface area contributed by atoms with Gasteiger partial charge in [-0.1, -0.05) is 22.9 Å². The molecule has 1 aromatic heterocycles. The highest BCUT2D eigenvalue weighted by molar-refractivity contribution is 8.76. The number of rotatable bonds is 0. The molecule has 2 nitrogen and oxygen atoms in total. The number of nitrogens with zero attached hydrogens (tertiary/aromatic N) is 2. The van der Waals surface area contributed by atoms with Crippen LogP contribution in [0, 0.1) is 0 Å². The van der Waals surface area contributed by atoms with Crippen molar-refractivity contribution in [3.05, 3.63) is 24.3 Å². The van der Waals surface area contributed by atoms with Crippen molar-refractivity contribution in [2.75, 3.05) is 0 Å². The lowest BCUT2D eigenvalue weighted by Crippen LogP contribution is -1.87. The van der Waals surface area contributed by atoms with Gasteiger partial charge in [-0.3, -0.25) is 0 Å². The van der Waals surface area contributed by atoms with Gasteiger partial charge in [0.25, 0.3) is 0 Å². The van der Waals surface area contributed by atoms with Crippen molar-refractivity contribution in [2.45, 2.75) is 11.0 Å². The van der Waals surface area contributed by atoms with E-state index in [4.69, 9.17) is 0 Å². The molecule has 3 rings (SSSR count). The van der Waals surface area contributed by atoms with Gasteiger partial charge in [0, 0.05) is 0 Å². The Hall–Kier alpha value is -0.610. The smallest absolute Gasteiger partial charge is 0.180 e. The molecule has 0 atom stereocenters. The van der Waals surface area contributed by atoms with Gasteiger partial charge in [-0.2, -0.15) is 0 Å². The molecule has 1 aliphatic rings. The molecule has 12 heavy (non-hydrogen) atoms. The zero-order valence-electron chi connectivity index (χ0n) is 6.23. The largest absolute Gasteiger partial charge is 0.307 e. The Kier molecular flexibility index (Phi) is 1.39. The molecule has 1 aromatic carbocycles. The first kappa shape index (κ1) is 6.86. The van der Waals surface area contributed by atoms with E-state index < -0.39 is 0 Å². The highest BCUT2D eigenvalue weighted by atomic mass is 33.1. The average Bonchev–Trinajstić information content (AvgIpc) is 2.62. The van der Waals surface area contributed by atoms with Crippen molar-refractivity contribution in [3.8, 4) is 0 Å². The maximum atomic E-state index is 4.50. The van der Waals surface area contributed by atoms with E-state index in [0.29, 0.717) is 0 Å². The molecule has 2 heterocycles. The minimum atomic E-state index is 1.03. The number of imidazole rings is 1. The molecule has 60 valence electrons. The number of aromatic nitrogens is 2. The summed E-state index contributed by atoms with van der Waals surface area (Å²) in [6.45, 7) is 0. The summed E-state index contributed by atoms with van der Waals surface area (Å²) in [6.07, 6.45) is 0. The van der Waals surface area contributed by atoms with Gasteiger partial charge in [0.2, 0.25) is 0 Å². The first-order valence-electron chi connectivity index (χ1n) is 3.70. The lowest BCUT2D eigenvalue weighted by atomic mass is 10.3. The van der Waals surface area contributed by atoms with E-state index in [0.717, 1.165) is 16.5 Å². The summed E-state index contributed by atoms with van der Waals surface area (Å²) in [4.78, 5) is 4.50. The third-order valence-electron chi connectivity index (χ3n) is 1.93. The summed E-state index contributed by atoms with van der Waals surface area (Å²) in [5.74, 6) is 1.03. The van der Waals surface area contributed by atoms with Gasteiger partial charge in [0.15, 0.2) is 5.16 Å². The van der Waals surface area contributed by atoms with Gasteiger partial charge in [-0.15, -0.1) is 0 Å². The molecule has 0 unspecified atom stereocenters. The average molecular weight is 194 g/mol. The Morgan fingerprint density at radius 2 is 2.25 bits per heavy atom. The monoisotopic (exact) mass is 194 g/mol. The highest BCUT2D eigenvalue weighted by Gasteiger charge is 2.16. The fourth-order valence-electron chi connectivity index (χ4n) is 1.37. The van der Waals surface area contributed by atoms with Crippen molar-refractivity contribution < 1.29 is 0 Å². The Morgan fingerprint density at radius 1 is 1.33 bits per heavy atom. The van der Waals surface area contributed by atoms with E-state index in [-0.39, 0.29) is 0 Å². The summed E-state index contributed by atoms with van der Waals surface area (Å²) in [5, 5.41) is 1.14. The number of fused-ring (bicyclic) bond motifs is 3. The van der Waals surface area contributed by atoms with E-state index in [1.165, 1.54) is 5.52 Å². The molecule has 0 saturated carbocycles. The molecule has 2 aromatic rings. The van der Waals surface area contributed by atoms with Gasteiger partial charge in [0.05, 0.1) is 16.9 Å². The summed E-state index contributed by atoms with van der Waals surface area (Å²) < 4.78 is 2.25. The maximum Gasteiger partial charge on any atom is 0.180 e. The van der Waals surface area contributed by atoms with Crippen molar-refractivity contribution >= 4 is 32.6 Å². The van der Waals surface area contributed by atoms with Crippen LogP contribution in [0.15, 0.2) is 29.4 Å². The molecule has 0 amide bonds. The third-order valence-corrected chi connectivity index (χ3v) is 3.99. The molecular weight excluding hydrogens is 188 g/mol. The quantitative estimate of drug-likeness (QED) is 0.600. The Morgan fingerprint density at radius 3 is 3.25 bits per heavy atom. The van der Waals surface area contributed by atoms with Gasteiger partial charge in [0.1, 0.15) is 0 Å². The van der Waals surface area contributed by atoms with Crippen LogP contribution in [0.1, 0.15) is 0 Å². The highest BCUT2D eigenvalue weighted by Crippen LogP contribution is 2.41. The van der Waals surface area contributed by atoms with Crippen molar-refractivity contribution in [2.24, 2.45) is 0 Å². The van der Waals surface area contributed by atoms with Crippen LogP contribution >= 0.6 is 21.6 Å². The lowest BCUT2D eigenvalue weighted by Gasteiger charge is -1.93. The molecule has 1 aliphatic heterocycles. The summed E-state index contributed by atoms with van der Waals surface area (Å²) >= 11 is 0. The normalized spacial score (nSPS) is 15.3. The van der Waals surface area contributed by atoms with Crippen LogP contribution in [-0.4, -0.2) is 9.55 Å². The molecule has 0 radical (unpaired) electrons. The number of para-hydroxylation sites is 2. The first-order valence-corrected chi connectivity index (χ1v) is 6.02. The van der Waals surface area contributed by atoms with Crippen LogP contribution in [0.5, 0.6) is 0 Å². The van der Waals surface area contributed by atoms with E-state index in [1.807, 2.05) is 16.9 Å². The van der Waals surface area contributed by atoms with E-state index >= 15 is 0 Å². The Bertz CT molecular complexity index is 436. The molecule has 0 N–H and O–H groups in total. The first-order chi connectivity index (χ1) is 5.95. The zero-order valence-corrected chi connectivity index (χ0v) is 7.86. The predicted molar refractivity (Wildman–Crippen MR) is 53.2 cm³/mol. The molecule has 0 saturated heterocycles. The van der Waals surface area contributed by atoms with Gasteiger partial charge < -0.3 is 4.57 Å². The maximum absolute atomic E-state index is 4.50. The second kappa shape index (κ2) is 2.44. The van der Waals surface area contributed by atoms with Crippen LogP contribution < -0.4 is 0 Å². The Labute approximate surface area is 77.8 Å². The minimum absolute atomic E-state index is 1.03. The molecule has 0 spiro atoms. The minimum Gasteiger partial charge on any atom is -0.307 e. The summed E-state index contributed by atoms with van der Waals surface area (Å²) in [6, 6.07) is 8.28. The van der Waals surface area contributed by atoms with Crippen LogP contribution in [0.4, 0.5) is 0 Å². The van der Waals surface area contributed by atoms with Crippen molar-refractivity contribution in [1.29, 1.82) is 0 Å². The predicted octanol–water partition coefficient (Wildman–Crippen LogP) is 2.75. The standard InChI is InChI=1S/C8H6N2S2/c1-2-4-7-6(3-1)9-8-10(7)5-11-12-8/h1-4H,5H2.